The van der Waals surface area contributed by atoms with Crippen LogP contribution in [0.4, 0.5) is 0 Å². The summed E-state index contributed by atoms with van der Waals surface area (Å²) in [7, 11) is 0. The Kier molecular flexibility index (Phi) is 2.10. The fourth-order valence-electron chi connectivity index (χ4n) is 2.69. The van der Waals surface area contributed by atoms with Crippen molar-refractivity contribution in [1.29, 1.82) is 0 Å². The van der Waals surface area contributed by atoms with Crippen molar-refractivity contribution in [1.82, 2.24) is 0 Å². The van der Waals surface area contributed by atoms with Gasteiger partial charge in [-0.25, -0.2) is 0 Å². The Balaban J connectivity index is 2.28. The molecule has 0 aromatic heterocycles. The maximum absolute atomic E-state index is 11.3. The predicted octanol–water partition coefficient (Wildman–Crippen LogP) is 2.88. The summed E-state index contributed by atoms with van der Waals surface area (Å²) in [5.74, 6) is 1.53. The summed E-state index contributed by atoms with van der Waals surface area (Å²) in [6, 6.07) is 0. The van der Waals surface area contributed by atoms with Crippen LogP contribution in [0, 0.1) is 11.8 Å². The lowest BCUT2D eigenvalue weighted by Gasteiger charge is -2.17. The van der Waals surface area contributed by atoms with Gasteiger partial charge >= 0.3 is 0 Å². The predicted molar refractivity (Wildman–Crippen MR) is 53.4 cm³/mol. The molecule has 13 heavy (non-hydrogen) atoms. The zero-order valence-corrected chi connectivity index (χ0v) is 8.18. The molecule has 2 rings (SSSR count). The third-order valence-electron chi connectivity index (χ3n) is 3.46. The van der Waals surface area contributed by atoms with Crippen LogP contribution in [0.25, 0.3) is 0 Å². The molecule has 2 unspecified atom stereocenters. The van der Waals surface area contributed by atoms with Crippen molar-refractivity contribution in [2.75, 3.05) is 0 Å². The summed E-state index contributed by atoms with van der Waals surface area (Å²) in [5, 5.41) is 0. The first kappa shape index (κ1) is 8.74. The van der Waals surface area contributed by atoms with Gasteiger partial charge in [-0.15, -0.1) is 0 Å². The molecule has 0 aromatic carbocycles. The highest BCUT2D eigenvalue weighted by molar-refractivity contribution is 5.90. The van der Waals surface area contributed by atoms with Crippen molar-refractivity contribution in [2.45, 2.75) is 32.6 Å². The van der Waals surface area contributed by atoms with Gasteiger partial charge in [0.15, 0.2) is 5.78 Å². The van der Waals surface area contributed by atoms with Crippen molar-refractivity contribution in [2.24, 2.45) is 11.8 Å². The Morgan fingerprint density at radius 2 is 2.00 bits per heavy atom. The molecule has 2 atom stereocenters. The van der Waals surface area contributed by atoms with Gasteiger partial charge < -0.3 is 0 Å². The zero-order chi connectivity index (χ0) is 9.42. The molecule has 1 fully saturated rings. The molecule has 0 heterocycles. The third-order valence-corrected chi connectivity index (χ3v) is 3.46. The van der Waals surface area contributed by atoms with Gasteiger partial charge in [0.05, 0.1) is 0 Å². The normalized spacial score (nSPS) is 34.1. The van der Waals surface area contributed by atoms with E-state index in [4.69, 9.17) is 0 Å². The Morgan fingerprint density at radius 3 is 2.77 bits per heavy atom. The zero-order valence-electron chi connectivity index (χ0n) is 8.18. The highest BCUT2D eigenvalue weighted by Gasteiger charge is 2.33. The van der Waals surface area contributed by atoms with Crippen LogP contribution in [0.2, 0.25) is 0 Å². The van der Waals surface area contributed by atoms with E-state index in [0.717, 1.165) is 19.3 Å². The van der Waals surface area contributed by atoms with Gasteiger partial charge in [-0.2, -0.15) is 0 Å². The minimum absolute atomic E-state index is 0.305. The average Bonchev–Trinajstić information content (AvgIpc) is 2.36. The Labute approximate surface area is 79.5 Å². The maximum atomic E-state index is 11.3. The van der Waals surface area contributed by atoms with Crippen LogP contribution < -0.4 is 0 Å². The van der Waals surface area contributed by atoms with Crippen molar-refractivity contribution in [3.8, 4) is 0 Å². The van der Waals surface area contributed by atoms with E-state index in [1.54, 1.807) is 0 Å². The van der Waals surface area contributed by atoms with Crippen molar-refractivity contribution in [3.63, 3.8) is 0 Å². The Hall–Kier alpha value is -0.850. The van der Waals surface area contributed by atoms with Gasteiger partial charge in [0.25, 0.3) is 0 Å². The standard InChI is InChI=1S/C12H16O/c1-8-3-5-12-9(2)7-10(13)4-6-11(8)12/h7,11-12H,1,3-6H2,2H3. The van der Waals surface area contributed by atoms with Crippen LogP contribution >= 0.6 is 0 Å². The topological polar surface area (TPSA) is 17.1 Å². The summed E-state index contributed by atoms with van der Waals surface area (Å²) in [6.45, 7) is 6.20. The van der Waals surface area contributed by atoms with Gasteiger partial charge in [-0.1, -0.05) is 17.7 Å². The molecule has 1 heteroatoms. The van der Waals surface area contributed by atoms with Crippen LogP contribution in [-0.4, -0.2) is 5.78 Å². The summed E-state index contributed by atoms with van der Waals surface area (Å²) in [5.41, 5.74) is 2.65. The Morgan fingerprint density at radius 1 is 1.31 bits per heavy atom. The lowest BCUT2D eigenvalue weighted by Crippen LogP contribution is -2.08. The smallest absolute Gasteiger partial charge is 0.155 e. The quantitative estimate of drug-likeness (QED) is 0.519. The number of fused-ring (bicyclic) bond motifs is 1. The molecular weight excluding hydrogens is 160 g/mol. The molecule has 70 valence electrons. The summed E-state index contributed by atoms with van der Waals surface area (Å²) >= 11 is 0. The molecule has 2 aliphatic rings. The first-order valence-electron chi connectivity index (χ1n) is 5.07. The number of ketones is 1. The van der Waals surface area contributed by atoms with Crippen LogP contribution in [-0.2, 0) is 4.79 Å². The van der Waals surface area contributed by atoms with E-state index in [1.807, 2.05) is 6.08 Å². The molecule has 0 bridgehead atoms. The van der Waals surface area contributed by atoms with E-state index in [2.05, 4.69) is 13.5 Å². The van der Waals surface area contributed by atoms with Crippen LogP contribution in [0.3, 0.4) is 0 Å². The lowest BCUT2D eigenvalue weighted by atomic mass is 9.87. The summed E-state index contributed by atoms with van der Waals surface area (Å²) < 4.78 is 0. The van der Waals surface area contributed by atoms with Gasteiger partial charge in [0.1, 0.15) is 0 Å². The summed E-state index contributed by atoms with van der Waals surface area (Å²) in [4.78, 5) is 11.3. The second kappa shape index (κ2) is 3.13. The minimum Gasteiger partial charge on any atom is -0.295 e. The monoisotopic (exact) mass is 176 g/mol. The van der Waals surface area contributed by atoms with Crippen LogP contribution in [0.5, 0.6) is 0 Å². The fourth-order valence-corrected chi connectivity index (χ4v) is 2.69. The molecule has 0 aromatic rings. The van der Waals surface area contributed by atoms with Gasteiger partial charge in [0, 0.05) is 6.42 Å². The van der Waals surface area contributed by atoms with Crippen molar-refractivity contribution < 1.29 is 4.79 Å². The number of carbonyl (C=O) groups excluding carboxylic acids is 1. The first-order valence-corrected chi connectivity index (χ1v) is 5.07. The van der Waals surface area contributed by atoms with Gasteiger partial charge in [-0.05, 0) is 44.1 Å². The molecule has 1 nitrogen and oxygen atoms in total. The van der Waals surface area contributed by atoms with Crippen LogP contribution in [0.1, 0.15) is 32.6 Å². The first-order chi connectivity index (χ1) is 6.18. The number of hydrogen-bond acceptors (Lipinski definition) is 1. The lowest BCUT2D eigenvalue weighted by molar-refractivity contribution is -0.114. The van der Waals surface area contributed by atoms with Crippen LogP contribution in [0.15, 0.2) is 23.8 Å². The fraction of sp³-hybridized carbons (Fsp3) is 0.583. The molecule has 0 spiro atoms. The van der Waals surface area contributed by atoms with E-state index in [9.17, 15) is 4.79 Å². The van der Waals surface area contributed by atoms with E-state index < -0.39 is 0 Å². The molecule has 2 aliphatic carbocycles. The number of rotatable bonds is 0. The number of carbonyl (C=O) groups is 1. The van der Waals surface area contributed by atoms with E-state index in [0.29, 0.717) is 17.6 Å². The minimum atomic E-state index is 0.305. The van der Waals surface area contributed by atoms with E-state index in [-0.39, 0.29) is 0 Å². The third kappa shape index (κ3) is 1.48. The molecule has 0 saturated heterocycles. The number of hydrogen-bond donors (Lipinski definition) is 0. The highest BCUT2D eigenvalue weighted by Crippen LogP contribution is 2.43. The molecule has 1 saturated carbocycles. The maximum Gasteiger partial charge on any atom is 0.155 e. The van der Waals surface area contributed by atoms with E-state index >= 15 is 0 Å². The number of allylic oxidation sites excluding steroid dienone is 3. The van der Waals surface area contributed by atoms with Gasteiger partial charge in [-0.3, -0.25) is 4.79 Å². The second-order valence-electron chi connectivity index (χ2n) is 4.30. The van der Waals surface area contributed by atoms with Crippen molar-refractivity contribution in [3.05, 3.63) is 23.8 Å². The molecule has 0 amide bonds. The molecular formula is C12H16O. The van der Waals surface area contributed by atoms with Crippen molar-refractivity contribution >= 4 is 5.78 Å². The summed E-state index contributed by atoms with van der Waals surface area (Å²) in [6.07, 6.45) is 5.96. The largest absolute Gasteiger partial charge is 0.295 e. The second-order valence-corrected chi connectivity index (χ2v) is 4.30. The molecule has 0 radical (unpaired) electrons. The van der Waals surface area contributed by atoms with E-state index in [1.165, 1.54) is 17.6 Å². The molecule has 0 aliphatic heterocycles. The SMILES string of the molecule is C=C1CCC2C(C)=CC(=O)CCC12. The highest BCUT2D eigenvalue weighted by atomic mass is 16.1. The van der Waals surface area contributed by atoms with Gasteiger partial charge in [0.2, 0.25) is 0 Å². The molecule has 0 N–H and O–H groups in total. The average molecular weight is 176 g/mol. The Bertz CT molecular complexity index is 285.